The Morgan fingerprint density at radius 2 is 2.05 bits per heavy atom. The van der Waals surface area contributed by atoms with Crippen molar-refractivity contribution in [3.63, 3.8) is 0 Å². The molecule has 2 aromatic heterocycles. The monoisotopic (exact) mass is 299 g/mol. The second-order valence-electron chi connectivity index (χ2n) is 4.11. The number of rotatable bonds is 4. The summed E-state index contributed by atoms with van der Waals surface area (Å²) in [4.78, 5) is 17.6. The third-order valence-electron chi connectivity index (χ3n) is 2.73. The van der Waals surface area contributed by atoms with Gasteiger partial charge in [-0.05, 0) is 18.4 Å². The van der Waals surface area contributed by atoms with Gasteiger partial charge in [0.05, 0.1) is 5.69 Å². The van der Waals surface area contributed by atoms with E-state index in [1.54, 1.807) is 35.0 Å². The highest BCUT2D eigenvalue weighted by atomic mass is 32.2. The number of nitrogens with two attached hydrogens (primary N) is 1. The topological polar surface area (TPSA) is 94.5 Å². The van der Waals surface area contributed by atoms with Gasteiger partial charge in [0.15, 0.2) is 0 Å². The van der Waals surface area contributed by atoms with Crippen LogP contribution in [0.1, 0.15) is 0 Å². The van der Waals surface area contributed by atoms with Crippen molar-refractivity contribution >= 4 is 29.3 Å². The Morgan fingerprint density at radius 1 is 1.19 bits per heavy atom. The van der Waals surface area contributed by atoms with Crippen LogP contribution in [0.3, 0.4) is 0 Å². The zero-order chi connectivity index (χ0) is 14.7. The van der Waals surface area contributed by atoms with E-state index in [2.05, 4.69) is 25.3 Å². The third-order valence-corrected chi connectivity index (χ3v) is 3.53. The first-order valence-corrected chi connectivity index (χ1v) is 7.38. The molecule has 0 aliphatic carbocycles. The molecule has 0 unspecified atom stereocenters. The van der Waals surface area contributed by atoms with Gasteiger partial charge in [0, 0.05) is 17.3 Å². The van der Waals surface area contributed by atoms with Gasteiger partial charge in [-0.1, -0.05) is 12.1 Å². The number of nitrogen functional groups attached to an aromatic ring is 1. The molecule has 0 amide bonds. The highest BCUT2D eigenvalue weighted by Crippen LogP contribution is 2.26. The SMILES string of the molecule is CSc1ccccc1Nc1nc(N)nc(-n2ccnc2)n1. The van der Waals surface area contributed by atoms with Gasteiger partial charge in [-0.2, -0.15) is 15.0 Å². The molecule has 0 aliphatic rings. The number of hydrogen-bond acceptors (Lipinski definition) is 7. The van der Waals surface area contributed by atoms with Crippen LogP contribution in [0.25, 0.3) is 5.95 Å². The van der Waals surface area contributed by atoms with Crippen LogP contribution in [-0.4, -0.2) is 30.8 Å². The van der Waals surface area contributed by atoms with Crippen molar-refractivity contribution in [2.24, 2.45) is 0 Å². The van der Waals surface area contributed by atoms with Crippen LogP contribution >= 0.6 is 11.8 Å². The minimum atomic E-state index is 0.151. The Bertz CT molecular complexity index is 742. The molecule has 8 heteroatoms. The summed E-state index contributed by atoms with van der Waals surface area (Å²) >= 11 is 1.64. The molecule has 7 nitrogen and oxygen atoms in total. The fraction of sp³-hybridized carbons (Fsp3) is 0.0769. The molecule has 21 heavy (non-hydrogen) atoms. The second kappa shape index (κ2) is 5.80. The van der Waals surface area contributed by atoms with E-state index in [4.69, 9.17) is 5.73 Å². The molecule has 0 saturated carbocycles. The Balaban J connectivity index is 1.96. The number of para-hydroxylation sites is 1. The van der Waals surface area contributed by atoms with E-state index in [1.807, 2.05) is 30.5 Å². The Morgan fingerprint density at radius 3 is 2.81 bits per heavy atom. The molecule has 0 radical (unpaired) electrons. The van der Waals surface area contributed by atoms with Crippen LogP contribution in [0, 0.1) is 0 Å². The molecular formula is C13H13N7S. The number of hydrogen-bond donors (Lipinski definition) is 2. The molecule has 0 aliphatic heterocycles. The van der Waals surface area contributed by atoms with E-state index < -0.39 is 0 Å². The predicted molar refractivity (Wildman–Crippen MR) is 82.9 cm³/mol. The molecule has 0 spiro atoms. The van der Waals surface area contributed by atoms with Crippen molar-refractivity contribution in [1.29, 1.82) is 0 Å². The van der Waals surface area contributed by atoms with Crippen molar-refractivity contribution in [2.45, 2.75) is 4.90 Å². The fourth-order valence-corrected chi connectivity index (χ4v) is 2.35. The molecule has 3 aromatic rings. The molecule has 0 atom stereocenters. The van der Waals surface area contributed by atoms with Gasteiger partial charge in [0.25, 0.3) is 0 Å². The molecule has 106 valence electrons. The zero-order valence-corrected chi connectivity index (χ0v) is 12.1. The summed E-state index contributed by atoms with van der Waals surface area (Å²) in [5, 5.41) is 3.17. The average molecular weight is 299 g/mol. The summed E-state index contributed by atoms with van der Waals surface area (Å²) in [6, 6.07) is 7.91. The second-order valence-corrected chi connectivity index (χ2v) is 4.96. The molecule has 0 saturated heterocycles. The first-order chi connectivity index (χ1) is 10.3. The first-order valence-electron chi connectivity index (χ1n) is 6.16. The van der Waals surface area contributed by atoms with Crippen LogP contribution in [0.15, 0.2) is 47.9 Å². The van der Waals surface area contributed by atoms with E-state index >= 15 is 0 Å². The lowest BCUT2D eigenvalue weighted by molar-refractivity contribution is 0.906. The maximum absolute atomic E-state index is 5.75. The van der Waals surface area contributed by atoms with Gasteiger partial charge in [-0.15, -0.1) is 11.8 Å². The molecule has 1 aromatic carbocycles. The summed E-state index contributed by atoms with van der Waals surface area (Å²) in [5.74, 6) is 0.967. The van der Waals surface area contributed by atoms with E-state index in [1.165, 1.54) is 0 Å². The highest BCUT2D eigenvalue weighted by Gasteiger charge is 2.08. The Kier molecular flexibility index (Phi) is 3.69. The smallest absolute Gasteiger partial charge is 0.241 e. The van der Waals surface area contributed by atoms with Gasteiger partial charge < -0.3 is 11.1 Å². The van der Waals surface area contributed by atoms with E-state index in [0.717, 1.165) is 10.6 Å². The van der Waals surface area contributed by atoms with Crippen molar-refractivity contribution in [2.75, 3.05) is 17.3 Å². The number of imidazole rings is 1. The van der Waals surface area contributed by atoms with Crippen molar-refractivity contribution < 1.29 is 0 Å². The molecule has 0 fully saturated rings. The van der Waals surface area contributed by atoms with Crippen LogP contribution in [0.5, 0.6) is 0 Å². The predicted octanol–water partition coefficient (Wildman–Crippen LogP) is 2.10. The van der Waals surface area contributed by atoms with E-state index in [0.29, 0.717) is 11.9 Å². The van der Waals surface area contributed by atoms with Gasteiger partial charge in [-0.25, -0.2) is 4.98 Å². The minimum Gasteiger partial charge on any atom is -0.368 e. The average Bonchev–Trinajstić information content (AvgIpc) is 3.01. The number of benzene rings is 1. The summed E-state index contributed by atoms with van der Waals surface area (Å²) in [7, 11) is 0. The normalized spacial score (nSPS) is 10.5. The zero-order valence-electron chi connectivity index (χ0n) is 11.3. The maximum Gasteiger partial charge on any atom is 0.241 e. The fourth-order valence-electron chi connectivity index (χ4n) is 1.80. The van der Waals surface area contributed by atoms with Gasteiger partial charge in [0.1, 0.15) is 6.33 Å². The molecule has 0 bridgehead atoms. The van der Waals surface area contributed by atoms with Gasteiger partial charge >= 0.3 is 0 Å². The minimum absolute atomic E-state index is 0.151. The third kappa shape index (κ3) is 2.95. The van der Waals surface area contributed by atoms with Crippen molar-refractivity contribution in [3.05, 3.63) is 43.0 Å². The number of aromatic nitrogens is 5. The number of nitrogens with zero attached hydrogens (tertiary/aromatic N) is 5. The van der Waals surface area contributed by atoms with Crippen LogP contribution in [0.4, 0.5) is 17.6 Å². The van der Waals surface area contributed by atoms with Gasteiger partial charge in [-0.3, -0.25) is 4.57 Å². The largest absolute Gasteiger partial charge is 0.368 e. The van der Waals surface area contributed by atoms with Crippen LogP contribution < -0.4 is 11.1 Å². The first kappa shape index (κ1) is 13.4. The summed E-state index contributed by atoms with van der Waals surface area (Å²) in [6.07, 6.45) is 7.01. The lowest BCUT2D eigenvalue weighted by Crippen LogP contribution is -2.08. The standard InChI is InChI=1S/C13H13N7S/c1-21-10-5-3-2-4-9(10)16-12-17-11(14)18-13(19-12)20-7-6-15-8-20/h2-8H,1H3,(H3,14,16,17,18,19). The number of anilines is 3. The van der Waals surface area contributed by atoms with Crippen LogP contribution in [0.2, 0.25) is 0 Å². The molecule has 2 heterocycles. The maximum atomic E-state index is 5.75. The summed E-state index contributed by atoms with van der Waals surface area (Å²) in [6.45, 7) is 0. The Labute approximate surface area is 125 Å². The van der Waals surface area contributed by atoms with Crippen molar-refractivity contribution in [1.82, 2.24) is 24.5 Å². The molecule has 3 N–H and O–H groups in total. The molecular weight excluding hydrogens is 286 g/mol. The van der Waals surface area contributed by atoms with Gasteiger partial charge in [0.2, 0.25) is 17.8 Å². The van der Waals surface area contributed by atoms with E-state index in [9.17, 15) is 0 Å². The number of thioether (sulfide) groups is 1. The quantitative estimate of drug-likeness (QED) is 0.712. The van der Waals surface area contributed by atoms with Crippen molar-refractivity contribution in [3.8, 4) is 5.95 Å². The lowest BCUT2D eigenvalue weighted by atomic mass is 10.3. The summed E-state index contributed by atoms with van der Waals surface area (Å²) < 4.78 is 1.67. The van der Waals surface area contributed by atoms with E-state index in [-0.39, 0.29) is 5.95 Å². The highest BCUT2D eigenvalue weighted by molar-refractivity contribution is 7.98. The molecule has 3 rings (SSSR count). The van der Waals surface area contributed by atoms with Crippen LogP contribution in [-0.2, 0) is 0 Å². The Hall–Kier alpha value is -2.61. The summed E-state index contributed by atoms with van der Waals surface area (Å²) in [5.41, 5.74) is 6.67. The number of nitrogens with one attached hydrogen (secondary N) is 1. The lowest BCUT2D eigenvalue weighted by Gasteiger charge is -2.10.